The molecule has 1 aliphatic rings. The zero-order valence-electron chi connectivity index (χ0n) is 11.5. The third kappa shape index (κ3) is 5.45. The van der Waals surface area contributed by atoms with Gasteiger partial charge in [-0.05, 0) is 42.7 Å². The first kappa shape index (κ1) is 14.0. The lowest BCUT2D eigenvalue weighted by atomic mass is 10.2. The Morgan fingerprint density at radius 2 is 2.11 bits per heavy atom. The van der Waals surface area contributed by atoms with Crippen LogP contribution in [0.15, 0.2) is 29.2 Å². The second-order valence-electron chi connectivity index (χ2n) is 5.21. The predicted molar refractivity (Wildman–Crippen MR) is 81.2 cm³/mol. The molecule has 0 aliphatic heterocycles. The normalized spacial score (nSPS) is 14.9. The summed E-state index contributed by atoms with van der Waals surface area (Å²) in [5.41, 5.74) is 1.43. The Morgan fingerprint density at radius 1 is 1.22 bits per heavy atom. The van der Waals surface area contributed by atoms with Gasteiger partial charge in [0.1, 0.15) is 0 Å². The van der Waals surface area contributed by atoms with Gasteiger partial charge in [-0.2, -0.15) is 0 Å². The fourth-order valence-corrected chi connectivity index (χ4v) is 3.01. The molecule has 1 N–H and O–H groups in total. The van der Waals surface area contributed by atoms with Crippen molar-refractivity contribution < 1.29 is 0 Å². The lowest BCUT2D eigenvalue weighted by molar-refractivity contribution is 0.687. The molecule has 2 rings (SSSR count). The molecule has 1 nitrogen and oxygen atoms in total. The summed E-state index contributed by atoms with van der Waals surface area (Å²) < 4.78 is 0. The second kappa shape index (κ2) is 7.85. The summed E-state index contributed by atoms with van der Waals surface area (Å²) in [5, 5.41) is 3.57. The Hall–Kier alpha value is -0.470. The molecule has 0 spiro atoms. The molecule has 0 heterocycles. The summed E-state index contributed by atoms with van der Waals surface area (Å²) >= 11 is 2.01. The standard InChI is InChI=1S/C16H25NS/c1-2-3-4-5-11-18-16-8-6-7-14(12-16)13-17-15-9-10-15/h6-8,12,15,17H,2-5,9-11,13H2,1H3. The number of hydrogen-bond acceptors (Lipinski definition) is 2. The summed E-state index contributed by atoms with van der Waals surface area (Å²) in [6.07, 6.45) is 8.17. The van der Waals surface area contributed by atoms with Gasteiger partial charge in [0, 0.05) is 17.5 Å². The maximum absolute atomic E-state index is 3.57. The number of thioether (sulfide) groups is 1. The summed E-state index contributed by atoms with van der Waals surface area (Å²) in [7, 11) is 0. The molecule has 1 aromatic carbocycles. The third-order valence-corrected chi connectivity index (χ3v) is 4.42. The van der Waals surface area contributed by atoms with E-state index in [2.05, 4.69) is 36.5 Å². The molecule has 0 unspecified atom stereocenters. The molecule has 0 radical (unpaired) electrons. The quantitative estimate of drug-likeness (QED) is 0.516. The van der Waals surface area contributed by atoms with E-state index < -0.39 is 0 Å². The van der Waals surface area contributed by atoms with Crippen molar-refractivity contribution in [2.45, 2.75) is 62.9 Å². The Bertz CT molecular complexity index is 347. The summed E-state index contributed by atoms with van der Waals surface area (Å²) in [5.74, 6) is 1.26. The van der Waals surface area contributed by atoms with Gasteiger partial charge in [-0.15, -0.1) is 11.8 Å². The summed E-state index contributed by atoms with van der Waals surface area (Å²) in [6, 6.07) is 9.81. The average Bonchev–Trinajstić information content (AvgIpc) is 3.21. The van der Waals surface area contributed by atoms with E-state index in [9.17, 15) is 0 Å². The molecule has 2 heteroatoms. The van der Waals surface area contributed by atoms with Crippen LogP contribution >= 0.6 is 11.8 Å². The van der Waals surface area contributed by atoms with Crippen LogP contribution < -0.4 is 5.32 Å². The van der Waals surface area contributed by atoms with Crippen LogP contribution in [-0.4, -0.2) is 11.8 Å². The Kier molecular flexibility index (Phi) is 6.09. The zero-order chi connectivity index (χ0) is 12.6. The van der Waals surface area contributed by atoms with Crippen molar-refractivity contribution in [1.82, 2.24) is 5.32 Å². The molecule has 0 saturated heterocycles. The van der Waals surface area contributed by atoms with Gasteiger partial charge in [0.2, 0.25) is 0 Å². The van der Waals surface area contributed by atoms with Gasteiger partial charge < -0.3 is 5.32 Å². The van der Waals surface area contributed by atoms with Gasteiger partial charge in [-0.3, -0.25) is 0 Å². The lowest BCUT2D eigenvalue weighted by Gasteiger charge is -2.06. The Balaban J connectivity index is 1.68. The fraction of sp³-hybridized carbons (Fsp3) is 0.625. The molecule has 0 aromatic heterocycles. The van der Waals surface area contributed by atoms with Crippen LogP contribution in [0.3, 0.4) is 0 Å². The van der Waals surface area contributed by atoms with Gasteiger partial charge in [0.25, 0.3) is 0 Å². The molecule has 1 saturated carbocycles. The average molecular weight is 263 g/mol. The maximum atomic E-state index is 3.57. The van der Waals surface area contributed by atoms with E-state index in [-0.39, 0.29) is 0 Å². The van der Waals surface area contributed by atoms with Gasteiger partial charge >= 0.3 is 0 Å². The lowest BCUT2D eigenvalue weighted by Crippen LogP contribution is -2.15. The van der Waals surface area contributed by atoms with Crippen molar-refractivity contribution in [1.29, 1.82) is 0 Å². The third-order valence-electron chi connectivity index (χ3n) is 3.34. The van der Waals surface area contributed by atoms with E-state index >= 15 is 0 Å². The molecule has 100 valence electrons. The van der Waals surface area contributed by atoms with Crippen LogP contribution in [0.4, 0.5) is 0 Å². The minimum atomic E-state index is 0.801. The molecule has 0 amide bonds. The largest absolute Gasteiger partial charge is 0.310 e. The van der Waals surface area contributed by atoms with Crippen LogP contribution in [0, 0.1) is 0 Å². The highest BCUT2D eigenvalue weighted by atomic mass is 32.2. The summed E-state index contributed by atoms with van der Waals surface area (Å²) in [4.78, 5) is 1.43. The number of rotatable bonds is 9. The van der Waals surface area contributed by atoms with Crippen LogP contribution in [0.25, 0.3) is 0 Å². The van der Waals surface area contributed by atoms with E-state index in [1.54, 1.807) is 0 Å². The summed E-state index contributed by atoms with van der Waals surface area (Å²) in [6.45, 7) is 3.30. The SMILES string of the molecule is CCCCCCSc1cccc(CNC2CC2)c1. The van der Waals surface area contributed by atoms with Crippen molar-refractivity contribution in [3.8, 4) is 0 Å². The number of hydrogen-bond donors (Lipinski definition) is 1. The van der Waals surface area contributed by atoms with Crippen LogP contribution in [-0.2, 0) is 6.54 Å². The predicted octanol–water partition coefficient (Wildman–Crippen LogP) is 4.61. The van der Waals surface area contributed by atoms with Crippen molar-refractivity contribution in [3.63, 3.8) is 0 Å². The van der Waals surface area contributed by atoms with Gasteiger partial charge in [-0.25, -0.2) is 0 Å². The topological polar surface area (TPSA) is 12.0 Å². The van der Waals surface area contributed by atoms with Crippen molar-refractivity contribution in [3.05, 3.63) is 29.8 Å². The van der Waals surface area contributed by atoms with E-state index in [0.29, 0.717) is 0 Å². The highest BCUT2D eigenvalue weighted by Crippen LogP contribution is 2.22. The Labute approximate surface area is 116 Å². The van der Waals surface area contributed by atoms with Crippen molar-refractivity contribution in [2.24, 2.45) is 0 Å². The molecule has 18 heavy (non-hydrogen) atoms. The van der Waals surface area contributed by atoms with Crippen LogP contribution in [0.5, 0.6) is 0 Å². The molecule has 1 aliphatic carbocycles. The van der Waals surface area contributed by atoms with Crippen molar-refractivity contribution >= 4 is 11.8 Å². The maximum Gasteiger partial charge on any atom is 0.0208 e. The minimum Gasteiger partial charge on any atom is -0.310 e. The molecule has 1 aromatic rings. The first-order valence-corrected chi connectivity index (χ1v) is 8.32. The van der Waals surface area contributed by atoms with E-state index in [4.69, 9.17) is 0 Å². The smallest absolute Gasteiger partial charge is 0.0208 e. The van der Waals surface area contributed by atoms with Crippen LogP contribution in [0.2, 0.25) is 0 Å². The zero-order valence-corrected chi connectivity index (χ0v) is 12.3. The van der Waals surface area contributed by atoms with Gasteiger partial charge in [-0.1, -0.05) is 38.3 Å². The number of benzene rings is 1. The molecular weight excluding hydrogens is 238 g/mol. The van der Waals surface area contributed by atoms with E-state index in [1.165, 1.54) is 54.7 Å². The number of unbranched alkanes of at least 4 members (excludes halogenated alkanes) is 3. The number of nitrogens with one attached hydrogen (secondary N) is 1. The second-order valence-corrected chi connectivity index (χ2v) is 6.38. The van der Waals surface area contributed by atoms with Crippen molar-refractivity contribution in [2.75, 3.05) is 5.75 Å². The van der Waals surface area contributed by atoms with E-state index in [0.717, 1.165) is 12.6 Å². The van der Waals surface area contributed by atoms with Gasteiger partial charge in [0.05, 0.1) is 0 Å². The first-order valence-electron chi connectivity index (χ1n) is 7.33. The van der Waals surface area contributed by atoms with Gasteiger partial charge in [0.15, 0.2) is 0 Å². The fourth-order valence-electron chi connectivity index (χ4n) is 2.01. The first-order chi connectivity index (χ1) is 8.88. The highest BCUT2D eigenvalue weighted by molar-refractivity contribution is 7.99. The van der Waals surface area contributed by atoms with E-state index in [1.807, 2.05) is 11.8 Å². The molecular formula is C16H25NS. The Morgan fingerprint density at radius 3 is 2.89 bits per heavy atom. The highest BCUT2D eigenvalue weighted by Gasteiger charge is 2.19. The molecule has 1 fully saturated rings. The molecule has 0 atom stereocenters. The van der Waals surface area contributed by atoms with Crippen LogP contribution in [0.1, 0.15) is 51.0 Å². The molecule has 0 bridgehead atoms. The minimum absolute atomic E-state index is 0.801. The monoisotopic (exact) mass is 263 g/mol.